The molecule has 3 rings (SSSR count). The number of nitrogens with one attached hydrogen (secondary N) is 2. The van der Waals surface area contributed by atoms with Crippen LogP contribution in [0.2, 0.25) is 5.02 Å². The summed E-state index contributed by atoms with van der Waals surface area (Å²) in [5, 5.41) is 7.54. The number of nitrogens with two attached hydrogens (primary N) is 1. The van der Waals surface area contributed by atoms with Crippen LogP contribution >= 0.6 is 11.6 Å². The van der Waals surface area contributed by atoms with Crippen LogP contribution in [-0.2, 0) is 24.8 Å². The Bertz CT molecular complexity index is 1160. The molecule has 0 radical (unpaired) electrons. The van der Waals surface area contributed by atoms with E-state index >= 15 is 0 Å². The van der Waals surface area contributed by atoms with Gasteiger partial charge in [0, 0.05) is 12.1 Å². The highest BCUT2D eigenvalue weighted by molar-refractivity contribution is 7.89. The number of rotatable bonds is 5. The van der Waals surface area contributed by atoms with E-state index in [0.29, 0.717) is 5.56 Å². The molecule has 1 aliphatic rings. The van der Waals surface area contributed by atoms with Gasteiger partial charge in [-0.2, -0.15) is 0 Å². The van der Waals surface area contributed by atoms with Gasteiger partial charge in [-0.15, -0.1) is 0 Å². The van der Waals surface area contributed by atoms with Gasteiger partial charge >= 0.3 is 0 Å². The number of halogens is 1. The van der Waals surface area contributed by atoms with Crippen molar-refractivity contribution in [3.05, 3.63) is 47.0 Å². The number of benzene rings is 2. The van der Waals surface area contributed by atoms with E-state index in [1.165, 1.54) is 30.3 Å². The maximum Gasteiger partial charge on any atom is 0.262 e. The van der Waals surface area contributed by atoms with Crippen molar-refractivity contribution in [2.75, 3.05) is 11.9 Å². The molecule has 12 heteroatoms. The summed E-state index contributed by atoms with van der Waals surface area (Å²) in [4.78, 5) is 11.0. The molecule has 150 valence electrons. The Labute approximate surface area is 166 Å². The number of hydrogen-bond donors (Lipinski definition) is 3. The Balaban J connectivity index is 1.91. The molecule has 0 aliphatic carbocycles. The largest absolute Gasteiger partial charge is 0.482 e. The average Bonchev–Trinajstić information content (AvgIpc) is 2.60. The number of carbonyl (C=O) groups is 1. The van der Waals surface area contributed by atoms with E-state index in [1.807, 2.05) is 0 Å². The summed E-state index contributed by atoms with van der Waals surface area (Å²) in [5.41, 5.74) is 0.668. The fourth-order valence-corrected chi connectivity index (χ4v) is 4.96. The minimum absolute atomic E-state index is 0.109. The predicted octanol–water partition coefficient (Wildman–Crippen LogP) is 1.36. The van der Waals surface area contributed by atoms with E-state index in [9.17, 15) is 21.6 Å². The molecular formula is C16H16ClN3O6S2. The Morgan fingerprint density at radius 1 is 1.21 bits per heavy atom. The van der Waals surface area contributed by atoms with Gasteiger partial charge in [0.05, 0.1) is 15.6 Å². The second-order valence-corrected chi connectivity index (χ2v) is 9.73. The molecule has 0 saturated carbocycles. The SMILES string of the molecule is CC(NS(=O)(=O)c1cc2c(cc1Cl)NC(=O)CO2)c1cccc(S(N)(=O)=O)c1. The zero-order valence-electron chi connectivity index (χ0n) is 14.5. The van der Waals surface area contributed by atoms with Crippen molar-refractivity contribution < 1.29 is 26.4 Å². The Hall–Kier alpha value is -2.18. The highest BCUT2D eigenvalue weighted by atomic mass is 35.5. The molecule has 28 heavy (non-hydrogen) atoms. The first kappa shape index (κ1) is 20.6. The van der Waals surface area contributed by atoms with Crippen molar-refractivity contribution in [2.24, 2.45) is 5.14 Å². The number of amides is 1. The number of sulfonamides is 2. The first-order chi connectivity index (χ1) is 13.0. The van der Waals surface area contributed by atoms with Crippen LogP contribution in [0.5, 0.6) is 5.75 Å². The van der Waals surface area contributed by atoms with Gasteiger partial charge in [0.15, 0.2) is 6.61 Å². The van der Waals surface area contributed by atoms with Gasteiger partial charge in [-0.05, 0) is 30.7 Å². The lowest BCUT2D eigenvalue weighted by atomic mass is 10.1. The molecule has 4 N–H and O–H groups in total. The number of hydrogen-bond acceptors (Lipinski definition) is 6. The predicted molar refractivity (Wildman–Crippen MR) is 102 cm³/mol. The highest BCUT2D eigenvalue weighted by Gasteiger charge is 2.26. The van der Waals surface area contributed by atoms with E-state index in [0.717, 1.165) is 0 Å². The van der Waals surface area contributed by atoms with Crippen molar-refractivity contribution in [1.29, 1.82) is 0 Å². The third-order valence-electron chi connectivity index (χ3n) is 3.98. The zero-order chi connectivity index (χ0) is 20.7. The quantitative estimate of drug-likeness (QED) is 0.633. The molecule has 9 nitrogen and oxygen atoms in total. The highest BCUT2D eigenvalue weighted by Crippen LogP contribution is 2.36. The van der Waals surface area contributed by atoms with Crippen molar-refractivity contribution in [3.63, 3.8) is 0 Å². The normalized spacial score (nSPS) is 15.3. The van der Waals surface area contributed by atoms with Gasteiger partial charge < -0.3 is 10.1 Å². The Morgan fingerprint density at radius 2 is 1.93 bits per heavy atom. The molecule has 1 aliphatic heterocycles. The molecular weight excluding hydrogens is 430 g/mol. The summed E-state index contributed by atoms with van der Waals surface area (Å²) in [6, 6.07) is 7.35. The number of anilines is 1. The van der Waals surface area contributed by atoms with Gasteiger partial charge in [-0.25, -0.2) is 26.7 Å². The number of ether oxygens (including phenoxy) is 1. The third-order valence-corrected chi connectivity index (χ3v) is 6.89. The molecule has 0 aromatic heterocycles. The average molecular weight is 446 g/mol. The standard InChI is InChI=1S/C16H16ClN3O6S2/c1-9(10-3-2-4-11(5-10)27(18,22)23)20-28(24,25)15-7-14-13(6-12(15)17)19-16(21)8-26-14/h2-7,9,20H,8H2,1H3,(H,19,21)(H2,18,22,23). The molecule has 1 amide bonds. The van der Waals surface area contributed by atoms with Crippen LogP contribution in [0.4, 0.5) is 5.69 Å². The fraction of sp³-hybridized carbons (Fsp3) is 0.188. The first-order valence-corrected chi connectivity index (χ1v) is 11.3. The van der Waals surface area contributed by atoms with Crippen LogP contribution in [0.15, 0.2) is 46.2 Å². The summed E-state index contributed by atoms with van der Waals surface area (Å²) in [6.45, 7) is 1.31. The zero-order valence-corrected chi connectivity index (χ0v) is 16.9. The van der Waals surface area contributed by atoms with Gasteiger partial charge in [0.2, 0.25) is 20.0 Å². The smallest absolute Gasteiger partial charge is 0.262 e. The maximum atomic E-state index is 12.8. The summed E-state index contributed by atoms with van der Waals surface area (Å²) >= 11 is 6.09. The molecule has 1 heterocycles. The number of carbonyl (C=O) groups excluding carboxylic acids is 1. The van der Waals surface area contributed by atoms with E-state index in [2.05, 4.69) is 10.0 Å². The van der Waals surface area contributed by atoms with E-state index < -0.39 is 26.1 Å². The van der Waals surface area contributed by atoms with Gasteiger partial charge in [0.1, 0.15) is 10.6 Å². The number of primary sulfonamides is 1. The lowest BCUT2D eigenvalue weighted by Gasteiger charge is -2.20. The molecule has 0 bridgehead atoms. The van der Waals surface area contributed by atoms with Crippen LogP contribution < -0.4 is 19.9 Å². The van der Waals surface area contributed by atoms with Crippen LogP contribution in [0, 0.1) is 0 Å². The van der Waals surface area contributed by atoms with Gasteiger partial charge in [-0.1, -0.05) is 23.7 Å². The Kier molecular flexibility index (Phi) is 5.38. The minimum atomic E-state index is -4.09. The molecule has 0 saturated heterocycles. The molecule has 2 aromatic rings. The summed E-state index contributed by atoms with van der Waals surface area (Å²) in [5.74, 6) is -0.200. The van der Waals surface area contributed by atoms with Crippen LogP contribution in [0.1, 0.15) is 18.5 Å². The molecule has 0 fully saturated rings. The molecule has 1 atom stereocenters. The van der Waals surface area contributed by atoms with Gasteiger partial charge in [-0.3, -0.25) is 4.79 Å². The number of fused-ring (bicyclic) bond motifs is 1. The second-order valence-electron chi connectivity index (χ2n) is 6.08. The van der Waals surface area contributed by atoms with Crippen molar-refractivity contribution >= 4 is 43.2 Å². The van der Waals surface area contributed by atoms with Crippen molar-refractivity contribution in [1.82, 2.24) is 4.72 Å². The van der Waals surface area contributed by atoms with Crippen LogP contribution in [0.25, 0.3) is 0 Å². The molecule has 1 unspecified atom stereocenters. The second kappa shape index (κ2) is 7.33. The summed E-state index contributed by atoms with van der Waals surface area (Å²) in [7, 11) is -8.01. The topological polar surface area (TPSA) is 145 Å². The summed E-state index contributed by atoms with van der Waals surface area (Å²) < 4.78 is 56.2. The van der Waals surface area contributed by atoms with E-state index in [-0.39, 0.29) is 38.8 Å². The molecule has 0 spiro atoms. The van der Waals surface area contributed by atoms with E-state index in [1.54, 1.807) is 13.0 Å². The Morgan fingerprint density at radius 3 is 2.61 bits per heavy atom. The van der Waals surface area contributed by atoms with E-state index in [4.69, 9.17) is 21.5 Å². The minimum Gasteiger partial charge on any atom is -0.482 e. The lowest BCUT2D eigenvalue weighted by molar-refractivity contribution is -0.118. The monoisotopic (exact) mass is 445 g/mol. The van der Waals surface area contributed by atoms with Crippen molar-refractivity contribution in [3.8, 4) is 5.75 Å². The maximum absolute atomic E-state index is 12.8. The van der Waals surface area contributed by atoms with Crippen LogP contribution in [-0.4, -0.2) is 29.3 Å². The third kappa shape index (κ3) is 4.28. The van der Waals surface area contributed by atoms with Gasteiger partial charge in [0.25, 0.3) is 5.91 Å². The fourth-order valence-electron chi connectivity index (χ4n) is 2.61. The summed E-state index contributed by atoms with van der Waals surface area (Å²) in [6.07, 6.45) is 0. The first-order valence-electron chi connectivity index (χ1n) is 7.88. The van der Waals surface area contributed by atoms with Crippen LogP contribution in [0.3, 0.4) is 0 Å². The van der Waals surface area contributed by atoms with Crippen molar-refractivity contribution in [2.45, 2.75) is 22.8 Å². The molecule has 2 aromatic carbocycles. The lowest BCUT2D eigenvalue weighted by Crippen LogP contribution is -2.29.